The fraction of sp³-hybridized carbons (Fsp3) is 0.346. The number of benzene rings is 1. The Balaban J connectivity index is 1.44. The summed E-state index contributed by atoms with van der Waals surface area (Å²) >= 11 is 1.69. The molecule has 2 saturated carbocycles. The second-order valence-corrected chi connectivity index (χ2v) is 10.00. The van der Waals surface area contributed by atoms with Crippen molar-refractivity contribution in [3.63, 3.8) is 0 Å². The van der Waals surface area contributed by atoms with Gasteiger partial charge in [-0.15, -0.1) is 11.3 Å². The molecule has 1 aromatic carbocycles. The maximum atomic E-state index is 5.56. The second kappa shape index (κ2) is 8.57. The first-order valence-corrected chi connectivity index (χ1v) is 12.6. The Morgan fingerprint density at radius 2 is 2.03 bits per heavy atom. The first-order valence-electron chi connectivity index (χ1n) is 11.7. The smallest absolute Gasteiger partial charge is 0.318 e. The zero-order chi connectivity index (χ0) is 24.1. The van der Waals surface area contributed by atoms with Gasteiger partial charge in [0.05, 0.1) is 47.5 Å². The van der Waals surface area contributed by atoms with Crippen molar-refractivity contribution in [2.45, 2.75) is 43.9 Å². The largest absolute Gasteiger partial charge is 0.481 e. The third-order valence-corrected chi connectivity index (χ3v) is 7.65. The van der Waals surface area contributed by atoms with E-state index in [9.17, 15) is 0 Å². The predicted molar refractivity (Wildman–Crippen MR) is 138 cm³/mol. The first kappa shape index (κ1) is 21.9. The number of fused-ring (bicyclic) bond motifs is 2. The number of imidazole rings is 1. The number of aliphatic imine (C=N–C) groups is 2. The van der Waals surface area contributed by atoms with E-state index in [1.54, 1.807) is 18.4 Å². The van der Waals surface area contributed by atoms with Crippen LogP contribution in [0.5, 0.6) is 0 Å². The summed E-state index contributed by atoms with van der Waals surface area (Å²) in [6, 6.07) is 8.91. The van der Waals surface area contributed by atoms with Gasteiger partial charge in [0.25, 0.3) is 0 Å². The Morgan fingerprint density at radius 3 is 2.77 bits per heavy atom. The number of hydrogen-bond donors (Lipinski definition) is 0. The van der Waals surface area contributed by atoms with Crippen molar-refractivity contribution >= 4 is 45.5 Å². The van der Waals surface area contributed by atoms with Crippen LogP contribution in [-0.2, 0) is 9.47 Å². The fourth-order valence-corrected chi connectivity index (χ4v) is 5.41. The third-order valence-electron chi connectivity index (χ3n) is 6.85. The average Bonchev–Trinajstić information content (AvgIpc) is 3.80. The van der Waals surface area contributed by atoms with Crippen molar-refractivity contribution in [3.8, 4) is 0 Å². The topological polar surface area (TPSA) is 86.3 Å². The Kier molecular flexibility index (Phi) is 5.36. The Hall–Kier alpha value is -3.59. The Labute approximate surface area is 207 Å². The van der Waals surface area contributed by atoms with E-state index in [0.29, 0.717) is 23.6 Å². The molecule has 0 saturated heterocycles. The van der Waals surface area contributed by atoms with Crippen LogP contribution in [0.25, 0.3) is 21.4 Å². The normalized spacial score (nSPS) is 20.7. The van der Waals surface area contributed by atoms with Gasteiger partial charge in [-0.25, -0.2) is 19.5 Å². The van der Waals surface area contributed by atoms with E-state index in [2.05, 4.69) is 52.1 Å². The van der Waals surface area contributed by atoms with Gasteiger partial charge < -0.3 is 9.47 Å². The van der Waals surface area contributed by atoms with Crippen LogP contribution in [0.3, 0.4) is 0 Å². The minimum atomic E-state index is 0.141. The van der Waals surface area contributed by atoms with Gasteiger partial charge >= 0.3 is 6.02 Å². The molecule has 178 valence electrons. The van der Waals surface area contributed by atoms with Gasteiger partial charge in [-0.2, -0.15) is 10.1 Å². The summed E-state index contributed by atoms with van der Waals surface area (Å²) in [6.07, 6.45) is 5.56. The molecule has 2 aliphatic carbocycles. The van der Waals surface area contributed by atoms with E-state index in [-0.39, 0.29) is 6.02 Å². The molecule has 2 fully saturated rings. The zero-order valence-corrected chi connectivity index (χ0v) is 20.7. The Morgan fingerprint density at radius 1 is 1.17 bits per heavy atom. The van der Waals surface area contributed by atoms with E-state index in [1.165, 1.54) is 35.8 Å². The Bertz CT molecular complexity index is 1510. The number of amidine groups is 1. The quantitative estimate of drug-likeness (QED) is 0.203. The van der Waals surface area contributed by atoms with Crippen LogP contribution in [-0.4, -0.2) is 46.5 Å². The van der Waals surface area contributed by atoms with Crippen LogP contribution in [0, 0.1) is 0 Å². The molecule has 0 radical (unpaired) electrons. The van der Waals surface area contributed by atoms with E-state index < -0.39 is 0 Å². The SMILES string of the molecule is C=N/C(=N\C(OC)=C(/C)c1cc([C@H]2C[C@@H]2c2ccc3ncsc3c2)c2nc(C3CC3)cn2n1)OC. The predicted octanol–water partition coefficient (Wildman–Crippen LogP) is 5.53. The summed E-state index contributed by atoms with van der Waals surface area (Å²) in [7, 11) is 3.08. The highest BCUT2D eigenvalue weighted by Crippen LogP contribution is 2.56. The fourth-order valence-electron chi connectivity index (χ4n) is 4.68. The first-order chi connectivity index (χ1) is 17.1. The van der Waals surface area contributed by atoms with Gasteiger partial charge in [0, 0.05) is 17.1 Å². The minimum Gasteiger partial charge on any atom is -0.481 e. The van der Waals surface area contributed by atoms with Gasteiger partial charge in [-0.3, -0.25) is 0 Å². The summed E-state index contributed by atoms with van der Waals surface area (Å²) in [4.78, 5) is 17.6. The molecule has 0 spiro atoms. The highest BCUT2D eigenvalue weighted by molar-refractivity contribution is 7.16. The van der Waals surface area contributed by atoms with Crippen LogP contribution in [0.15, 0.2) is 51.8 Å². The number of aromatic nitrogens is 4. The van der Waals surface area contributed by atoms with Crippen molar-refractivity contribution in [2.24, 2.45) is 9.98 Å². The molecular formula is C26H26N6O2S. The summed E-state index contributed by atoms with van der Waals surface area (Å²) < 4.78 is 13.9. The minimum absolute atomic E-state index is 0.141. The number of allylic oxidation sites excluding steroid dienone is 1. The standard InChI is InChI=1S/C26H26N6O2S/c1-14(25(33-3)30-26(27-2)34-4)21-11-19(24-29-22(15-5-6-15)12-32(24)31-21)18-10-17(18)16-7-8-20-23(9-16)35-13-28-20/h7-9,11-13,15,17-18H,2,5-6,10H2,1,3-4H3/b25-14-,30-26+/t17-,18+/m1/s1. The van der Waals surface area contributed by atoms with E-state index in [4.69, 9.17) is 19.6 Å². The number of hydrogen-bond acceptors (Lipinski definition) is 7. The lowest BCUT2D eigenvalue weighted by atomic mass is 10.0. The van der Waals surface area contributed by atoms with Crippen LogP contribution < -0.4 is 0 Å². The average molecular weight is 487 g/mol. The molecule has 2 aliphatic rings. The van der Waals surface area contributed by atoms with E-state index >= 15 is 0 Å². The molecular weight excluding hydrogens is 460 g/mol. The van der Waals surface area contributed by atoms with Crippen LogP contribution in [0.1, 0.15) is 66.5 Å². The molecule has 8 nitrogen and oxygen atoms in total. The lowest BCUT2D eigenvalue weighted by molar-refractivity contribution is 0.285. The van der Waals surface area contributed by atoms with Gasteiger partial charge in [-0.05, 0) is 68.5 Å². The maximum Gasteiger partial charge on any atom is 0.318 e. The van der Waals surface area contributed by atoms with Crippen molar-refractivity contribution in [3.05, 3.63) is 64.4 Å². The van der Waals surface area contributed by atoms with Crippen molar-refractivity contribution < 1.29 is 9.47 Å². The van der Waals surface area contributed by atoms with Crippen LogP contribution >= 0.6 is 11.3 Å². The molecule has 0 aliphatic heterocycles. The monoisotopic (exact) mass is 486 g/mol. The van der Waals surface area contributed by atoms with Crippen LogP contribution in [0.4, 0.5) is 0 Å². The van der Waals surface area contributed by atoms with Crippen molar-refractivity contribution in [2.75, 3.05) is 14.2 Å². The lowest BCUT2D eigenvalue weighted by Gasteiger charge is -2.10. The molecule has 0 N–H and O–H groups in total. The van der Waals surface area contributed by atoms with E-state index in [0.717, 1.165) is 34.5 Å². The van der Waals surface area contributed by atoms with Gasteiger partial charge in [0.15, 0.2) is 5.65 Å². The summed E-state index contributed by atoms with van der Waals surface area (Å²) in [5.41, 5.74) is 9.19. The molecule has 2 atom stereocenters. The van der Waals surface area contributed by atoms with Crippen molar-refractivity contribution in [1.82, 2.24) is 19.6 Å². The number of rotatable bonds is 6. The number of thiazole rings is 1. The molecule has 35 heavy (non-hydrogen) atoms. The number of ether oxygens (including phenoxy) is 2. The molecule has 9 heteroatoms. The molecule has 4 aromatic rings. The highest BCUT2D eigenvalue weighted by Gasteiger charge is 2.42. The molecule has 6 rings (SSSR count). The second-order valence-electron chi connectivity index (χ2n) is 9.11. The number of methoxy groups -OCH3 is 2. The highest BCUT2D eigenvalue weighted by atomic mass is 32.1. The summed E-state index contributed by atoms with van der Waals surface area (Å²) in [6.45, 7) is 5.44. The summed E-state index contributed by atoms with van der Waals surface area (Å²) in [5.74, 6) is 1.77. The van der Waals surface area contributed by atoms with Gasteiger partial charge in [0.1, 0.15) is 0 Å². The summed E-state index contributed by atoms with van der Waals surface area (Å²) in [5, 5.41) is 4.89. The van der Waals surface area contributed by atoms with Gasteiger partial charge in [0.2, 0.25) is 5.88 Å². The number of nitrogens with zero attached hydrogens (tertiary/aromatic N) is 6. The lowest BCUT2D eigenvalue weighted by Crippen LogP contribution is -2.04. The molecule has 0 unspecified atom stereocenters. The molecule has 3 aromatic heterocycles. The van der Waals surface area contributed by atoms with E-state index in [1.807, 2.05) is 16.9 Å². The molecule has 3 heterocycles. The molecule has 0 amide bonds. The zero-order valence-electron chi connectivity index (χ0n) is 19.9. The van der Waals surface area contributed by atoms with Gasteiger partial charge in [-0.1, -0.05) is 6.07 Å². The maximum absolute atomic E-state index is 5.56. The third kappa shape index (κ3) is 3.99. The van der Waals surface area contributed by atoms with Crippen LogP contribution in [0.2, 0.25) is 0 Å². The molecule has 0 bridgehead atoms. The van der Waals surface area contributed by atoms with Crippen molar-refractivity contribution in [1.29, 1.82) is 0 Å².